The summed E-state index contributed by atoms with van der Waals surface area (Å²) in [4.78, 5) is 28.7. The fourth-order valence-corrected chi connectivity index (χ4v) is 5.70. The molecule has 0 radical (unpaired) electrons. The van der Waals surface area contributed by atoms with Gasteiger partial charge in [0.2, 0.25) is 0 Å². The van der Waals surface area contributed by atoms with Crippen LogP contribution in [0.4, 0.5) is 0 Å². The molecule has 0 fully saturated rings. The van der Waals surface area contributed by atoms with Crippen LogP contribution in [0.25, 0.3) is 0 Å². The van der Waals surface area contributed by atoms with Gasteiger partial charge >= 0.3 is 10.8 Å². The fourth-order valence-electron chi connectivity index (χ4n) is 2.34. The van der Waals surface area contributed by atoms with Crippen molar-refractivity contribution in [1.82, 2.24) is 4.98 Å². The smallest absolute Gasteiger partial charge is 0.310 e. The molecule has 20 heavy (non-hydrogen) atoms. The van der Waals surface area contributed by atoms with Gasteiger partial charge in [-0.05, 0) is 18.4 Å². The van der Waals surface area contributed by atoms with E-state index in [2.05, 4.69) is 4.98 Å². The number of carbonyl (C=O) groups is 1. The van der Waals surface area contributed by atoms with Gasteiger partial charge in [-0.15, -0.1) is 23.1 Å². The number of ether oxygens (including phenoxy) is 1. The maximum Gasteiger partial charge on any atom is 0.310 e. The van der Waals surface area contributed by atoms with Gasteiger partial charge in [0.1, 0.15) is 0 Å². The lowest BCUT2D eigenvalue weighted by Crippen LogP contribution is -2.29. The van der Waals surface area contributed by atoms with Gasteiger partial charge in [0.25, 0.3) is 0 Å². The second kappa shape index (κ2) is 5.75. The van der Waals surface area contributed by atoms with Gasteiger partial charge in [0, 0.05) is 21.4 Å². The van der Waals surface area contributed by atoms with Gasteiger partial charge in [-0.25, -0.2) is 0 Å². The van der Waals surface area contributed by atoms with E-state index in [9.17, 15) is 9.59 Å². The summed E-state index contributed by atoms with van der Waals surface area (Å²) in [5, 5.41) is 2.90. The number of hydrogen-bond acceptors (Lipinski definition) is 6. The molecule has 0 saturated heterocycles. The summed E-state index contributed by atoms with van der Waals surface area (Å²) in [6.45, 7) is 2.20. The van der Waals surface area contributed by atoms with Crippen molar-refractivity contribution >= 4 is 40.4 Å². The Morgan fingerprint density at radius 1 is 1.55 bits per heavy atom. The zero-order valence-electron chi connectivity index (χ0n) is 10.8. The van der Waals surface area contributed by atoms with Gasteiger partial charge in [-0.1, -0.05) is 17.4 Å². The van der Waals surface area contributed by atoms with Gasteiger partial charge in [-0.3, -0.25) is 9.59 Å². The van der Waals surface area contributed by atoms with Crippen molar-refractivity contribution in [2.75, 3.05) is 12.4 Å². The fraction of sp³-hybridized carbons (Fsp3) is 0.385. The molecule has 0 bridgehead atoms. The van der Waals surface area contributed by atoms with Gasteiger partial charge in [0.05, 0.1) is 17.6 Å². The van der Waals surface area contributed by atoms with Crippen LogP contribution in [0.5, 0.6) is 0 Å². The summed E-state index contributed by atoms with van der Waals surface area (Å²) in [5.41, 5.74) is 0. The van der Waals surface area contributed by atoms with Crippen molar-refractivity contribution in [1.29, 1.82) is 0 Å². The van der Waals surface area contributed by atoms with Crippen molar-refractivity contribution in [3.8, 4) is 0 Å². The molecule has 0 amide bonds. The summed E-state index contributed by atoms with van der Waals surface area (Å²) >= 11 is 4.35. The van der Waals surface area contributed by atoms with E-state index in [1.165, 1.54) is 23.1 Å². The molecule has 106 valence electrons. The molecule has 2 atom stereocenters. The summed E-state index contributed by atoms with van der Waals surface area (Å²) in [7, 11) is 0. The minimum Gasteiger partial charge on any atom is -0.466 e. The van der Waals surface area contributed by atoms with E-state index in [0.29, 0.717) is 12.4 Å². The number of esters is 1. The topological polar surface area (TPSA) is 59.2 Å². The third-order valence-electron chi connectivity index (χ3n) is 3.17. The zero-order valence-corrected chi connectivity index (χ0v) is 13.2. The van der Waals surface area contributed by atoms with Crippen LogP contribution in [-0.4, -0.2) is 23.3 Å². The Balaban J connectivity index is 2.04. The standard InChI is InChI=1S/C13H13NO3S3/c1-2-17-12(15)7-6-19-11-10(20-13(16)14-11)9(7)8-4-3-5-18-8/h3-5,7,9H,2,6H2,1H3,(H,14,16)/t7-,9+/m1/s1. The highest BCUT2D eigenvalue weighted by atomic mass is 32.2. The lowest BCUT2D eigenvalue weighted by molar-refractivity contribution is -0.147. The number of H-pyrrole nitrogens is 1. The van der Waals surface area contributed by atoms with Gasteiger partial charge in [0.15, 0.2) is 0 Å². The van der Waals surface area contributed by atoms with E-state index in [4.69, 9.17) is 4.74 Å². The van der Waals surface area contributed by atoms with Crippen LogP contribution in [0.3, 0.4) is 0 Å². The predicted octanol–water partition coefficient (Wildman–Crippen LogP) is 2.91. The van der Waals surface area contributed by atoms with E-state index >= 15 is 0 Å². The lowest BCUT2D eigenvalue weighted by Gasteiger charge is -2.28. The molecule has 4 nitrogen and oxygen atoms in total. The quantitative estimate of drug-likeness (QED) is 0.881. The molecular weight excluding hydrogens is 314 g/mol. The van der Waals surface area contributed by atoms with Gasteiger partial charge < -0.3 is 9.72 Å². The Labute approximate surface area is 128 Å². The lowest BCUT2D eigenvalue weighted by atomic mass is 9.91. The molecule has 0 spiro atoms. The molecule has 2 aromatic heterocycles. The highest BCUT2D eigenvalue weighted by Crippen LogP contribution is 2.46. The first-order chi connectivity index (χ1) is 9.70. The van der Waals surface area contributed by atoms with E-state index in [0.717, 1.165) is 14.8 Å². The number of rotatable bonds is 3. The van der Waals surface area contributed by atoms with Crippen molar-refractivity contribution in [3.05, 3.63) is 36.9 Å². The molecule has 0 saturated carbocycles. The van der Waals surface area contributed by atoms with Crippen LogP contribution >= 0.6 is 34.4 Å². The van der Waals surface area contributed by atoms with Crippen LogP contribution in [0.1, 0.15) is 22.6 Å². The van der Waals surface area contributed by atoms with Gasteiger partial charge in [-0.2, -0.15) is 0 Å². The van der Waals surface area contributed by atoms with E-state index in [-0.39, 0.29) is 22.7 Å². The predicted molar refractivity (Wildman–Crippen MR) is 81.9 cm³/mol. The van der Waals surface area contributed by atoms with Crippen LogP contribution in [0.2, 0.25) is 0 Å². The number of hydrogen-bond donors (Lipinski definition) is 1. The average Bonchev–Trinajstić information content (AvgIpc) is 3.05. The first-order valence-electron chi connectivity index (χ1n) is 6.26. The van der Waals surface area contributed by atoms with Crippen LogP contribution in [0.15, 0.2) is 27.3 Å². The van der Waals surface area contributed by atoms with Crippen molar-refractivity contribution in [3.63, 3.8) is 0 Å². The summed E-state index contributed by atoms with van der Waals surface area (Å²) in [6, 6.07) is 3.99. The molecule has 0 aliphatic carbocycles. The number of aromatic nitrogens is 1. The Morgan fingerprint density at radius 2 is 2.40 bits per heavy atom. The third-order valence-corrected chi connectivity index (χ3v) is 6.36. The number of thiophene rings is 1. The van der Waals surface area contributed by atoms with E-state index in [1.54, 1.807) is 11.3 Å². The summed E-state index contributed by atoms with van der Waals surface area (Å²) < 4.78 is 5.20. The minimum atomic E-state index is -0.224. The number of aromatic amines is 1. The zero-order chi connectivity index (χ0) is 14.1. The first kappa shape index (κ1) is 13.9. The monoisotopic (exact) mass is 327 g/mol. The summed E-state index contributed by atoms with van der Waals surface area (Å²) in [5.74, 6) is 0.179. The Bertz CT molecular complexity index is 659. The van der Waals surface area contributed by atoms with E-state index < -0.39 is 0 Å². The number of nitrogens with one attached hydrogen (secondary N) is 1. The Kier molecular flexibility index (Phi) is 4.00. The maximum atomic E-state index is 12.2. The molecule has 3 rings (SSSR count). The molecule has 0 aromatic carbocycles. The van der Waals surface area contributed by atoms with Crippen LogP contribution in [-0.2, 0) is 9.53 Å². The SMILES string of the molecule is CCOC(=O)[C@@H]1CSc2[nH]c(=O)sc2[C@@H]1c1cccs1. The Morgan fingerprint density at radius 3 is 3.10 bits per heavy atom. The van der Waals surface area contributed by atoms with E-state index in [1.807, 2.05) is 24.4 Å². The third kappa shape index (κ3) is 2.45. The molecule has 7 heteroatoms. The second-order valence-corrected chi connectivity index (χ2v) is 7.39. The summed E-state index contributed by atoms with van der Waals surface area (Å²) in [6.07, 6.45) is 0. The molecule has 2 aromatic rings. The molecular formula is C13H13NO3S3. The Hall–Kier alpha value is -1.05. The highest BCUT2D eigenvalue weighted by Gasteiger charge is 2.39. The van der Waals surface area contributed by atoms with Crippen LogP contribution in [0, 0.1) is 5.92 Å². The largest absolute Gasteiger partial charge is 0.466 e. The highest BCUT2D eigenvalue weighted by molar-refractivity contribution is 7.99. The molecule has 3 heterocycles. The van der Waals surface area contributed by atoms with Crippen molar-refractivity contribution in [2.24, 2.45) is 5.92 Å². The number of carbonyl (C=O) groups excluding carboxylic acids is 1. The molecule has 1 N–H and O–H groups in total. The second-order valence-electron chi connectivity index (χ2n) is 4.37. The number of thiazole rings is 1. The normalized spacial score (nSPS) is 21.4. The average molecular weight is 327 g/mol. The minimum absolute atomic E-state index is 0.0609. The maximum absolute atomic E-state index is 12.2. The first-order valence-corrected chi connectivity index (χ1v) is 8.94. The number of thioether (sulfide) groups is 1. The number of fused-ring (bicyclic) bond motifs is 1. The molecule has 1 aliphatic rings. The molecule has 0 unspecified atom stereocenters. The molecule has 1 aliphatic heterocycles. The van der Waals surface area contributed by atoms with Crippen molar-refractivity contribution < 1.29 is 9.53 Å². The van der Waals surface area contributed by atoms with Crippen molar-refractivity contribution in [2.45, 2.75) is 17.9 Å². The van der Waals surface area contributed by atoms with Crippen LogP contribution < -0.4 is 4.87 Å².